The SMILES string of the molecule is CCCC1CCC(C#N)C(N2CCOC(C)(C)C2)C1. The maximum atomic E-state index is 9.43. The van der Waals surface area contributed by atoms with Gasteiger partial charge in [-0.3, -0.25) is 4.90 Å². The zero-order valence-corrected chi connectivity index (χ0v) is 12.7. The van der Waals surface area contributed by atoms with Gasteiger partial charge in [-0.25, -0.2) is 0 Å². The summed E-state index contributed by atoms with van der Waals surface area (Å²) in [5.74, 6) is 1.05. The van der Waals surface area contributed by atoms with Gasteiger partial charge in [0.1, 0.15) is 0 Å². The van der Waals surface area contributed by atoms with E-state index in [9.17, 15) is 5.26 Å². The molecular weight excluding hydrogens is 236 g/mol. The van der Waals surface area contributed by atoms with Crippen LogP contribution in [0.15, 0.2) is 0 Å². The number of ether oxygens (including phenoxy) is 1. The lowest BCUT2D eigenvalue weighted by Gasteiger charge is -2.46. The maximum Gasteiger partial charge on any atom is 0.0753 e. The second-order valence-corrected chi connectivity index (χ2v) is 6.85. The summed E-state index contributed by atoms with van der Waals surface area (Å²) in [4.78, 5) is 2.53. The second kappa shape index (κ2) is 6.24. The quantitative estimate of drug-likeness (QED) is 0.785. The number of hydrogen-bond donors (Lipinski definition) is 0. The van der Waals surface area contributed by atoms with Crippen LogP contribution in [0.2, 0.25) is 0 Å². The summed E-state index contributed by atoms with van der Waals surface area (Å²) in [6, 6.07) is 3.02. The van der Waals surface area contributed by atoms with Crippen LogP contribution in [0.3, 0.4) is 0 Å². The molecule has 0 aromatic rings. The molecule has 2 fully saturated rings. The lowest BCUT2D eigenvalue weighted by atomic mass is 9.76. The average molecular weight is 264 g/mol. The van der Waals surface area contributed by atoms with Crippen molar-refractivity contribution >= 4 is 0 Å². The van der Waals surface area contributed by atoms with Crippen molar-refractivity contribution < 1.29 is 4.74 Å². The predicted octanol–water partition coefficient (Wildman–Crippen LogP) is 3.21. The standard InChI is InChI=1S/C16H28N2O/c1-4-5-13-6-7-14(11-17)15(10-13)18-8-9-19-16(2,3)12-18/h13-15H,4-10,12H2,1-3H3. The Morgan fingerprint density at radius 2 is 2.16 bits per heavy atom. The molecule has 2 aliphatic rings. The molecule has 1 aliphatic heterocycles. The van der Waals surface area contributed by atoms with Crippen molar-refractivity contribution in [3.05, 3.63) is 0 Å². The minimum atomic E-state index is -0.0596. The molecule has 3 nitrogen and oxygen atoms in total. The molecule has 1 saturated heterocycles. The highest BCUT2D eigenvalue weighted by molar-refractivity contribution is 4.99. The number of nitriles is 1. The smallest absolute Gasteiger partial charge is 0.0753 e. The fraction of sp³-hybridized carbons (Fsp3) is 0.938. The van der Waals surface area contributed by atoms with Crippen molar-refractivity contribution in [2.24, 2.45) is 11.8 Å². The summed E-state index contributed by atoms with van der Waals surface area (Å²) < 4.78 is 5.81. The Morgan fingerprint density at radius 1 is 1.37 bits per heavy atom. The molecular formula is C16H28N2O. The number of nitrogens with zero attached hydrogens (tertiary/aromatic N) is 2. The molecule has 0 bridgehead atoms. The summed E-state index contributed by atoms with van der Waals surface area (Å²) >= 11 is 0. The number of hydrogen-bond acceptors (Lipinski definition) is 3. The van der Waals surface area contributed by atoms with Gasteiger partial charge >= 0.3 is 0 Å². The lowest BCUT2D eigenvalue weighted by molar-refractivity contribution is -0.106. The van der Waals surface area contributed by atoms with Crippen molar-refractivity contribution in [2.45, 2.75) is 64.5 Å². The van der Waals surface area contributed by atoms with Crippen LogP contribution in [0.1, 0.15) is 52.9 Å². The molecule has 0 amide bonds. The van der Waals surface area contributed by atoms with E-state index in [2.05, 4.69) is 31.7 Å². The zero-order chi connectivity index (χ0) is 13.9. The molecule has 2 rings (SSSR count). The molecule has 108 valence electrons. The van der Waals surface area contributed by atoms with Crippen LogP contribution in [0, 0.1) is 23.2 Å². The highest BCUT2D eigenvalue weighted by atomic mass is 16.5. The summed E-state index contributed by atoms with van der Waals surface area (Å²) in [6.45, 7) is 9.35. The van der Waals surface area contributed by atoms with E-state index in [0.29, 0.717) is 6.04 Å². The molecule has 3 heteroatoms. The van der Waals surface area contributed by atoms with Gasteiger partial charge in [0.25, 0.3) is 0 Å². The van der Waals surface area contributed by atoms with Gasteiger partial charge in [-0.15, -0.1) is 0 Å². The largest absolute Gasteiger partial charge is 0.373 e. The summed E-state index contributed by atoms with van der Waals surface area (Å²) in [5, 5.41) is 9.43. The van der Waals surface area contributed by atoms with Gasteiger partial charge in [-0.05, 0) is 39.0 Å². The number of rotatable bonds is 3. The Kier molecular flexibility index (Phi) is 4.86. The third-order valence-electron chi connectivity index (χ3n) is 4.71. The molecule has 0 N–H and O–H groups in total. The molecule has 19 heavy (non-hydrogen) atoms. The first kappa shape index (κ1) is 14.8. The van der Waals surface area contributed by atoms with E-state index in [0.717, 1.165) is 32.0 Å². The average Bonchev–Trinajstić information content (AvgIpc) is 2.38. The first-order valence-electron chi connectivity index (χ1n) is 7.83. The Hall–Kier alpha value is -0.590. The fourth-order valence-corrected chi connectivity index (χ4v) is 3.79. The second-order valence-electron chi connectivity index (χ2n) is 6.85. The Labute approximate surface area is 117 Å². The Bertz CT molecular complexity index is 334. The molecule has 0 aromatic heterocycles. The third kappa shape index (κ3) is 3.70. The summed E-state index contributed by atoms with van der Waals surface area (Å²) in [5.41, 5.74) is -0.0596. The topological polar surface area (TPSA) is 36.3 Å². The lowest BCUT2D eigenvalue weighted by Crippen LogP contribution is -2.55. The summed E-state index contributed by atoms with van der Waals surface area (Å²) in [7, 11) is 0. The van der Waals surface area contributed by atoms with E-state index < -0.39 is 0 Å². The zero-order valence-electron chi connectivity index (χ0n) is 12.7. The van der Waals surface area contributed by atoms with Crippen LogP contribution in [0.25, 0.3) is 0 Å². The van der Waals surface area contributed by atoms with Crippen molar-refractivity contribution in [1.29, 1.82) is 5.26 Å². The molecule has 3 unspecified atom stereocenters. The molecule has 0 aromatic carbocycles. The van der Waals surface area contributed by atoms with E-state index >= 15 is 0 Å². The van der Waals surface area contributed by atoms with Crippen molar-refractivity contribution in [1.82, 2.24) is 4.90 Å². The van der Waals surface area contributed by atoms with Crippen molar-refractivity contribution in [2.75, 3.05) is 19.7 Å². The maximum absolute atomic E-state index is 9.43. The van der Waals surface area contributed by atoms with Crippen LogP contribution < -0.4 is 0 Å². The monoisotopic (exact) mass is 264 g/mol. The van der Waals surface area contributed by atoms with Crippen LogP contribution in [0.5, 0.6) is 0 Å². The van der Waals surface area contributed by atoms with Crippen LogP contribution in [-0.4, -0.2) is 36.2 Å². The van der Waals surface area contributed by atoms with Gasteiger partial charge < -0.3 is 4.74 Å². The Balaban J connectivity index is 2.03. The first-order valence-corrected chi connectivity index (χ1v) is 7.83. The van der Waals surface area contributed by atoms with Gasteiger partial charge in [-0.1, -0.05) is 19.8 Å². The minimum absolute atomic E-state index is 0.0596. The van der Waals surface area contributed by atoms with Gasteiger partial charge in [0.2, 0.25) is 0 Å². The van der Waals surface area contributed by atoms with E-state index in [1.165, 1.54) is 25.7 Å². The van der Waals surface area contributed by atoms with Crippen molar-refractivity contribution in [3.63, 3.8) is 0 Å². The van der Waals surface area contributed by atoms with E-state index in [1.807, 2.05) is 0 Å². The van der Waals surface area contributed by atoms with Crippen LogP contribution in [0.4, 0.5) is 0 Å². The minimum Gasteiger partial charge on any atom is -0.373 e. The highest BCUT2D eigenvalue weighted by Crippen LogP contribution is 2.36. The van der Waals surface area contributed by atoms with Gasteiger partial charge in [0.15, 0.2) is 0 Å². The third-order valence-corrected chi connectivity index (χ3v) is 4.71. The fourth-order valence-electron chi connectivity index (χ4n) is 3.79. The van der Waals surface area contributed by atoms with E-state index in [-0.39, 0.29) is 11.5 Å². The summed E-state index contributed by atoms with van der Waals surface area (Å²) in [6.07, 6.45) is 6.13. The van der Waals surface area contributed by atoms with Crippen LogP contribution in [-0.2, 0) is 4.74 Å². The first-order chi connectivity index (χ1) is 9.05. The molecule has 1 heterocycles. The van der Waals surface area contributed by atoms with Gasteiger partial charge in [-0.2, -0.15) is 5.26 Å². The highest BCUT2D eigenvalue weighted by Gasteiger charge is 2.38. The van der Waals surface area contributed by atoms with Crippen molar-refractivity contribution in [3.8, 4) is 6.07 Å². The van der Waals surface area contributed by atoms with E-state index in [4.69, 9.17) is 4.74 Å². The molecule has 1 aliphatic carbocycles. The predicted molar refractivity (Wildman–Crippen MR) is 76.7 cm³/mol. The molecule has 1 saturated carbocycles. The molecule has 0 radical (unpaired) electrons. The molecule has 3 atom stereocenters. The van der Waals surface area contributed by atoms with E-state index in [1.54, 1.807) is 0 Å². The van der Waals surface area contributed by atoms with Gasteiger partial charge in [0, 0.05) is 19.1 Å². The van der Waals surface area contributed by atoms with Crippen LogP contribution >= 0.6 is 0 Å². The van der Waals surface area contributed by atoms with Gasteiger partial charge in [0.05, 0.1) is 24.2 Å². The molecule has 0 spiro atoms. The normalized spacial score (nSPS) is 35.8. The Morgan fingerprint density at radius 3 is 2.79 bits per heavy atom. The number of morpholine rings is 1.